The minimum absolute atomic E-state index is 0.0448. The van der Waals surface area contributed by atoms with E-state index in [-0.39, 0.29) is 47.9 Å². The molecule has 5 rings (SSSR count). The van der Waals surface area contributed by atoms with E-state index in [1.54, 1.807) is 26.2 Å². The normalized spacial score (nSPS) is 18.4. The molecule has 1 aromatic heterocycles. The van der Waals surface area contributed by atoms with Gasteiger partial charge in [0, 0.05) is 35.6 Å². The maximum absolute atomic E-state index is 14.0. The number of carbonyl (C=O) groups excluding carboxylic acids is 2. The molecule has 0 saturated heterocycles. The molecule has 0 fully saturated rings. The van der Waals surface area contributed by atoms with Crippen molar-refractivity contribution in [3.8, 4) is 11.5 Å². The summed E-state index contributed by atoms with van der Waals surface area (Å²) in [5, 5.41) is 3.72. The minimum Gasteiger partial charge on any atom is -0.493 e. The molecule has 1 aliphatic heterocycles. The van der Waals surface area contributed by atoms with E-state index in [1.165, 1.54) is 6.26 Å². The van der Waals surface area contributed by atoms with Crippen molar-refractivity contribution in [1.82, 2.24) is 5.32 Å². The van der Waals surface area contributed by atoms with Gasteiger partial charge in [-0.2, -0.15) is 0 Å². The summed E-state index contributed by atoms with van der Waals surface area (Å²) in [5.74, 6) is -0.634. The molecule has 2 aliphatic rings. The lowest BCUT2D eigenvalue weighted by Crippen LogP contribution is -2.37. The summed E-state index contributed by atoms with van der Waals surface area (Å²) in [5.41, 5.74) is 3.98. The van der Waals surface area contributed by atoms with Crippen molar-refractivity contribution in [1.29, 1.82) is 0 Å². The molecule has 2 aromatic carbocycles. The Morgan fingerprint density at radius 2 is 1.81 bits per heavy atom. The number of hydrogen-bond acceptors (Lipinski definition) is 9. The van der Waals surface area contributed by atoms with E-state index in [0.29, 0.717) is 59.1 Å². The van der Waals surface area contributed by atoms with Crippen LogP contribution in [0, 0.1) is 6.92 Å². The molecular weight excluding hydrogens is 550 g/mol. The van der Waals surface area contributed by atoms with Crippen LogP contribution in [0.2, 0.25) is 0 Å². The van der Waals surface area contributed by atoms with E-state index < -0.39 is 11.9 Å². The minimum atomic E-state index is -0.944. The molecule has 0 saturated carbocycles. The Balaban J connectivity index is 1.59. The molecular formula is C34H37NO8. The molecule has 0 spiro atoms. The molecule has 3 aromatic rings. The van der Waals surface area contributed by atoms with Gasteiger partial charge in [-0.25, -0.2) is 4.79 Å². The Kier molecular flexibility index (Phi) is 9.01. The molecule has 0 unspecified atom stereocenters. The third-order valence-electron chi connectivity index (χ3n) is 7.94. The number of allylic oxidation sites excluding steroid dienone is 3. The van der Waals surface area contributed by atoms with Crippen LogP contribution in [0.5, 0.6) is 11.5 Å². The number of fused-ring (bicyclic) bond motifs is 1. The second-order valence-corrected chi connectivity index (χ2v) is 10.7. The van der Waals surface area contributed by atoms with Gasteiger partial charge in [0.1, 0.15) is 12.2 Å². The highest BCUT2D eigenvalue weighted by Gasteiger charge is 2.43. The van der Waals surface area contributed by atoms with Gasteiger partial charge < -0.3 is 28.7 Å². The number of dihydropyridines is 1. The van der Waals surface area contributed by atoms with Gasteiger partial charge in [-0.3, -0.25) is 9.59 Å². The van der Waals surface area contributed by atoms with Gasteiger partial charge in [0.05, 0.1) is 43.5 Å². The molecule has 226 valence electrons. The number of aryl methyl sites for hydroxylation is 1. The fourth-order valence-electron chi connectivity index (χ4n) is 5.94. The summed E-state index contributed by atoms with van der Waals surface area (Å²) >= 11 is 0. The zero-order chi connectivity index (χ0) is 30.7. The first-order valence-electron chi connectivity index (χ1n) is 14.6. The molecule has 0 bridgehead atoms. The molecule has 2 heterocycles. The van der Waals surface area contributed by atoms with Crippen LogP contribution < -0.4 is 20.2 Å². The number of Topliss-reactive ketones (excluding diaryl/α,β-unsaturated/α-hetero) is 1. The Morgan fingerprint density at radius 3 is 2.56 bits per heavy atom. The lowest BCUT2D eigenvalue weighted by atomic mass is 9.72. The highest BCUT2D eigenvalue weighted by atomic mass is 16.6. The molecule has 2 atom stereocenters. The van der Waals surface area contributed by atoms with Crippen molar-refractivity contribution in [3.05, 3.63) is 92.1 Å². The Labute approximate surface area is 250 Å². The molecule has 1 N–H and O–H groups in total. The maximum Gasteiger partial charge on any atom is 0.336 e. The molecule has 0 radical (unpaired) electrons. The first-order valence-corrected chi connectivity index (χ1v) is 14.6. The van der Waals surface area contributed by atoms with Gasteiger partial charge >= 0.3 is 5.97 Å². The van der Waals surface area contributed by atoms with Crippen molar-refractivity contribution in [2.75, 3.05) is 33.5 Å². The first-order chi connectivity index (χ1) is 20.8. The van der Waals surface area contributed by atoms with E-state index in [4.69, 9.17) is 23.4 Å². The van der Waals surface area contributed by atoms with Gasteiger partial charge in [-0.05, 0) is 69.9 Å². The quantitative estimate of drug-likeness (QED) is 0.244. The lowest BCUT2D eigenvalue weighted by molar-refractivity contribution is -0.140. The largest absolute Gasteiger partial charge is 0.493 e. The van der Waals surface area contributed by atoms with Crippen LogP contribution in [0.1, 0.15) is 62.1 Å². The van der Waals surface area contributed by atoms with Crippen LogP contribution in [0.4, 0.5) is 0 Å². The SMILES string of the molecule is CCOCCOC(=O)C1=C(C)NC2=C(C(=O)C[C@@H](c3ccc(OCC)c(OC)c3)C2)[C@@H]1c1coc2ccc(C)cc2c1=O. The Morgan fingerprint density at radius 1 is 1.00 bits per heavy atom. The predicted molar refractivity (Wildman–Crippen MR) is 161 cm³/mol. The number of ketones is 1. The number of carbonyl (C=O) groups is 2. The number of ether oxygens (including phenoxy) is 4. The predicted octanol–water partition coefficient (Wildman–Crippen LogP) is 5.45. The third-order valence-corrected chi connectivity index (χ3v) is 7.94. The van der Waals surface area contributed by atoms with Crippen molar-refractivity contribution in [2.45, 2.75) is 52.4 Å². The Bertz CT molecular complexity index is 1680. The van der Waals surface area contributed by atoms with E-state index >= 15 is 0 Å². The monoisotopic (exact) mass is 587 g/mol. The number of benzene rings is 2. The molecule has 0 amide bonds. The van der Waals surface area contributed by atoms with Crippen LogP contribution in [-0.2, 0) is 19.1 Å². The number of hydrogen-bond donors (Lipinski definition) is 1. The summed E-state index contributed by atoms with van der Waals surface area (Å²) in [4.78, 5) is 41.5. The van der Waals surface area contributed by atoms with Crippen molar-refractivity contribution < 1.29 is 33.0 Å². The third kappa shape index (κ3) is 5.95. The number of esters is 1. The first kappa shape index (κ1) is 30.1. The van der Waals surface area contributed by atoms with E-state index in [1.807, 2.05) is 45.0 Å². The summed E-state index contributed by atoms with van der Waals surface area (Å²) in [6, 6.07) is 11.1. The maximum atomic E-state index is 14.0. The molecule has 1 aliphatic carbocycles. The van der Waals surface area contributed by atoms with Crippen LogP contribution in [-0.4, -0.2) is 45.3 Å². The van der Waals surface area contributed by atoms with Gasteiger partial charge in [0.15, 0.2) is 22.7 Å². The summed E-state index contributed by atoms with van der Waals surface area (Å²) < 4.78 is 28.0. The zero-order valence-electron chi connectivity index (χ0n) is 25.2. The lowest BCUT2D eigenvalue weighted by Gasteiger charge is -2.36. The molecule has 9 heteroatoms. The van der Waals surface area contributed by atoms with Crippen molar-refractivity contribution in [3.63, 3.8) is 0 Å². The standard InChI is InChI=1S/C34H37NO8/c1-6-40-12-13-42-34(38)30-20(4)35-25-15-22(21-9-11-28(41-7-2)29(17-21)39-5)16-26(36)32(25)31(30)24-18-43-27-10-8-19(3)14-23(27)33(24)37/h8-11,14,17-18,22,31,35H,6-7,12-13,15-16H2,1-5H3/t22-,31+/m0/s1. The molecule has 9 nitrogen and oxygen atoms in total. The second-order valence-electron chi connectivity index (χ2n) is 10.7. The Hall–Kier alpha value is -4.37. The van der Waals surface area contributed by atoms with Crippen molar-refractivity contribution >= 4 is 22.7 Å². The van der Waals surface area contributed by atoms with E-state index in [2.05, 4.69) is 5.32 Å². The van der Waals surface area contributed by atoms with Gasteiger partial charge in [-0.1, -0.05) is 17.7 Å². The van der Waals surface area contributed by atoms with Gasteiger partial charge in [-0.15, -0.1) is 0 Å². The van der Waals surface area contributed by atoms with Crippen LogP contribution in [0.3, 0.4) is 0 Å². The topological polar surface area (TPSA) is 113 Å². The highest BCUT2D eigenvalue weighted by molar-refractivity contribution is 6.04. The number of methoxy groups -OCH3 is 1. The summed E-state index contributed by atoms with van der Waals surface area (Å²) in [6.45, 7) is 8.70. The number of nitrogens with one attached hydrogen (secondary N) is 1. The molecule has 43 heavy (non-hydrogen) atoms. The average molecular weight is 588 g/mol. The van der Waals surface area contributed by atoms with Gasteiger partial charge in [0.2, 0.25) is 0 Å². The van der Waals surface area contributed by atoms with Crippen molar-refractivity contribution in [2.24, 2.45) is 0 Å². The fraction of sp³-hybridized carbons (Fsp3) is 0.382. The van der Waals surface area contributed by atoms with E-state index in [0.717, 1.165) is 11.1 Å². The van der Waals surface area contributed by atoms with Gasteiger partial charge in [0.25, 0.3) is 0 Å². The summed E-state index contributed by atoms with van der Waals surface area (Å²) in [6.07, 6.45) is 2.06. The van der Waals surface area contributed by atoms with Crippen LogP contribution in [0.25, 0.3) is 11.0 Å². The van der Waals surface area contributed by atoms with E-state index in [9.17, 15) is 14.4 Å². The highest BCUT2D eigenvalue weighted by Crippen LogP contribution is 2.46. The zero-order valence-corrected chi connectivity index (χ0v) is 25.2. The fourth-order valence-corrected chi connectivity index (χ4v) is 5.94. The van der Waals surface area contributed by atoms with Crippen LogP contribution >= 0.6 is 0 Å². The van der Waals surface area contributed by atoms with Crippen LogP contribution in [0.15, 0.2) is 74.4 Å². The smallest absolute Gasteiger partial charge is 0.336 e. The second kappa shape index (κ2) is 12.9. The summed E-state index contributed by atoms with van der Waals surface area (Å²) in [7, 11) is 1.58. The number of rotatable bonds is 10. The average Bonchev–Trinajstić information content (AvgIpc) is 2.99.